The van der Waals surface area contributed by atoms with Gasteiger partial charge < -0.3 is 0 Å². The van der Waals surface area contributed by atoms with Gasteiger partial charge >= 0.3 is 0 Å². The molecule has 0 amide bonds. The van der Waals surface area contributed by atoms with E-state index in [4.69, 9.17) is 0 Å². The highest BCUT2D eigenvalue weighted by molar-refractivity contribution is 5.26. The first-order valence-corrected chi connectivity index (χ1v) is 7.29. The fourth-order valence-electron chi connectivity index (χ4n) is 5.78. The van der Waals surface area contributed by atoms with Crippen molar-refractivity contribution in [2.24, 2.45) is 23.2 Å². The zero-order chi connectivity index (χ0) is 11.5. The van der Waals surface area contributed by atoms with Gasteiger partial charge in [-0.05, 0) is 66.8 Å². The molecule has 0 spiro atoms. The van der Waals surface area contributed by atoms with Crippen molar-refractivity contribution in [3.05, 3.63) is 35.9 Å². The summed E-state index contributed by atoms with van der Waals surface area (Å²) in [4.78, 5) is 0. The van der Waals surface area contributed by atoms with Gasteiger partial charge in [-0.3, -0.25) is 0 Å². The predicted molar refractivity (Wildman–Crippen MR) is 70.8 cm³/mol. The Balaban J connectivity index is 1.76. The quantitative estimate of drug-likeness (QED) is 0.655. The lowest BCUT2D eigenvalue weighted by atomic mass is 9.44. The number of hydrogen-bond acceptors (Lipinski definition) is 0. The molecule has 0 heteroatoms. The summed E-state index contributed by atoms with van der Waals surface area (Å²) >= 11 is 0. The van der Waals surface area contributed by atoms with E-state index in [0.29, 0.717) is 5.41 Å². The highest BCUT2D eigenvalue weighted by Crippen LogP contribution is 2.65. The molecule has 17 heavy (non-hydrogen) atoms. The average molecular weight is 226 g/mol. The van der Waals surface area contributed by atoms with Crippen molar-refractivity contribution in [2.75, 3.05) is 0 Å². The van der Waals surface area contributed by atoms with Crippen molar-refractivity contribution in [3.63, 3.8) is 0 Å². The zero-order valence-corrected chi connectivity index (χ0v) is 10.7. The van der Waals surface area contributed by atoms with E-state index >= 15 is 0 Å². The maximum atomic E-state index is 2.58. The Morgan fingerprint density at radius 2 is 1.59 bits per heavy atom. The fraction of sp³-hybridized carbons (Fsp3) is 0.647. The predicted octanol–water partition coefficient (Wildman–Crippen LogP) is 4.62. The summed E-state index contributed by atoms with van der Waals surface area (Å²) in [7, 11) is 0. The molecule has 90 valence electrons. The zero-order valence-electron chi connectivity index (χ0n) is 10.7. The van der Waals surface area contributed by atoms with Crippen LogP contribution in [-0.2, 0) is 0 Å². The van der Waals surface area contributed by atoms with Crippen LogP contribution < -0.4 is 0 Å². The minimum Gasteiger partial charge on any atom is -0.0622 e. The summed E-state index contributed by atoms with van der Waals surface area (Å²) in [5.41, 5.74) is 2.25. The summed E-state index contributed by atoms with van der Waals surface area (Å²) < 4.78 is 0. The Morgan fingerprint density at radius 3 is 2.18 bits per heavy atom. The molecular weight excluding hydrogens is 204 g/mol. The first kappa shape index (κ1) is 10.2. The second kappa shape index (κ2) is 3.37. The number of rotatable bonds is 1. The second-order valence-corrected chi connectivity index (χ2v) is 7.15. The van der Waals surface area contributed by atoms with Crippen LogP contribution in [0.25, 0.3) is 0 Å². The third-order valence-electron chi connectivity index (χ3n) is 5.83. The Labute approximate surface area is 104 Å². The van der Waals surface area contributed by atoms with E-state index in [0.717, 1.165) is 23.7 Å². The van der Waals surface area contributed by atoms with Gasteiger partial charge in [0.05, 0.1) is 0 Å². The monoisotopic (exact) mass is 226 g/mol. The van der Waals surface area contributed by atoms with Gasteiger partial charge in [0.2, 0.25) is 0 Å². The van der Waals surface area contributed by atoms with Crippen LogP contribution in [0.5, 0.6) is 0 Å². The molecule has 0 N–H and O–H groups in total. The third-order valence-corrected chi connectivity index (χ3v) is 5.83. The van der Waals surface area contributed by atoms with Crippen molar-refractivity contribution in [3.8, 4) is 0 Å². The number of benzene rings is 1. The van der Waals surface area contributed by atoms with E-state index in [1.54, 1.807) is 12.0 Å². The maximum absolute atomic E-state index is 2.58. The van der Waals surface area contributed by atoms with Crippen LogP contribution in [-0.4, -0.2) is 0 Å². The van der Waals surface area contributed by atoms with Crippen LogP contribution in [0, 0.1) is 23.2 Å². The lowest BCUT2D eigenvalue weighted by Crippen LogP contribution is -2.49. The van der Waals surface area contributed by atoms with Crippen molar-refractivity contribution in [1.82, 2.24) is 0 Å². The van der Waals surface area contributed by atoms with E-state index < -0.39 is 0 Å². The molecule has 4 saturated carbocycles. The molecule has 0 nitrogen and oxygen atoms in total. The fourth-order valence-corrected chi connectivity index (χ4v) is 5.78. The first-order chi connectivity index (χ1) is 8.24. The normalized spacial score (nSPS) is 47.4. The first-order valence-electron chi connectivity index (χ1n) is 7.29. The second-order valence-electron chi connectivity index (χ2n) is 7.15. The third kappa shape index (κ3) is 1.42. The van der Waals surface area contributed by atoms with Crippen molar-refractivity contribution < 1.29 is 0 Å². The van der Waals surface area contributed by atoms with E-state index in [1.165, 1.54) is 25.7 Å². The van der Waals surface area contributed by atoms with E-state index in [2.05, 4.69) is 37.3 Å². The average Bonchev–Trinajstić information content (AvgIpc) is 2.27. The van der Waals surface area contributed by atoms with Gasteiger partial charge in [0.1, 0.15) is 0 Å². The Bertz CT molecular complexity index is 405. The molecule has 0 radical (unpaired) electrons. The molecule has 1 aromatic rings. The largest absolute Gasteiger partial charge is 0.0622 e. The van der Waals surface area contributed by atoms with E-state index in [9.17, 15) is 0 Å². The Kier molecular flexibility index (Phi) is 2.02. The minimum atomic E-state index is 0.621. The Hall–Kier alpha value is -0.780. The van der Waals surface area contributed by atoms with Crippen LogP contribution >= 0.6 is 0 Å². The molecule has 4 aliphatic rings. The SMILES string of the molecule is CC12CC3CC(CC(C3)C1c1ccccc1)C2. The minimum absolute atomic E-state index is 0.621. The van der Waals surface area contributed by atoms with E-state index in [-0.39, 0.29) is 0 Å². The van der Waals surface area contributed by atoms with Gasteiger partial charge in [-0.25, -0.2) is 0 Å². The maximum Gasteiger partial charge on any atom is -0.00792 e. The van der Waals surface area contributed by atoms with Crippen molar-refractivity contribution in [2.45, 2.75) is 44.9 Å². The van der Waals surface area contributed by atoms with Gasteiger partial charge in [0.25, 0.3) is 0 Å². The molecule has 4 fully saturated rings. The molecule has 1 aromatic carbocycles. The van der Waals surface area contributed by atoms with Crippen LogP contribution in [0.4, 0.5) is 0 Å². The molecule has 3 unspecified atom stereocenters. The summed E-state index contributed by atoms with van der Waals surface area (Å²) in [5, 5.41) is 0. The van der Waals surface area contributed by atoms with Gasteiger partial charge in [-0.1, -0.05) is 37.3 Å². The smallest absolute Gasteiger partial charge is 0.00792 e. The van der Waals surface area contributed by atoms with Crippen LogP contribution in [0.2, 0.25) is 0 Å². The van der Waals surface area contributed by atoms with Crippen molar-refractivity contribution in [1.29, 1.82) is 0 Å². The Morgan fingerprint density at radius 1 is 0.941 bits per heavy atom. The van der Waals surface area contributed by atoms with Crippen LogP contribution in [0.3, 0.4) is 0 Å². The molecule has 4 bridgehead atoms. The lowest BCUT2D eigenvalue weighted by Gasteiger charge is -2.60. The molecule has 0 heterocycles. The summed E-state index contributed by atoms with van der Waals surface area (Å²) in [5.74, 6) is 3.99. The molecule has 4 aliphatic carbocycles. The number of hydrogen-bond donors (Lipinski definition) is 0. The van der Waals surface area contributed by atoms with Crippen LogP contribution in [0.15, 0.2) is 30.3 Å². The topological polar surface area (TPSA) is 0 Å². The van der Waals surface area contributed by atoms with Gasteiger partial charge in [0.15, 0.2) is 0 Å². The van der Waals surface area contributed by atoms with Crippen LogP contribution in [0.1, 0.15) is 50.5 Å². The van der Waals surface area contributed by atoms with Gasteiger partial charge in [-0.15, -0.1) is 0 Å². The van der Waals surface area contributed by atoms with Gasteiger partial charge in [0, 0.05) is 0 Å². The lowest BCUT2D eigenvalue weighted by molar-refractivity contribution is -0.0644. The molecule has 0 aliphatic heterocycles. The molecule has 5 rings (SSSR count). The molecule has 0 saturated heterocycles. The molecule has 3 atom stereocenters. The summed E-state index contributed by atoms with van der Waals surface area (Å²) in [6.45, 7) is 2.58. The standard InChI is InChI=1S/C17H22/c1-17-10-12-7-13(11-17)9-15(8-12)16(17)14-5-3-2-4-6-14/h2-6,12-13,15-16H,7-11H2,1H3. The van der Waals surface area contributed by atoms with Crippen molar-refractivity contribution >= 4 is 0 Å². The summed E-state index contributed by atoms with van der Waals surface area (Å²) in [6, 6.07) is 11.4. The molecule has 0 aromatic heterocycles. The van der Waals surface area contributed by atoms with E-state index in [1.807, 2.05) is 0 Å². The highest BCUT2D eigenvalue weighted by atomic mass is 14.6. The van der Waals surface area contributed by atoms with Gasteiger partial charge in [-0.2, -0.15) is 0 Å². The highest BCUT2D eigenvalue weighted by Gasteiger charge is 2.54. The molecular formula is C17H22. The summed E-state index contributed by atoms with van der Waals surface area (Å²) in [6.07, 6.45) is 7.59.